The lowest BCUT2D eigenvalue weighted by Gasteiger charge is -2.21. The van der Waals surface area contributed by atoms with Crippen molar-refractivity contribution in [2.45, 2.75) is 26.3 Å². The van der Waals surface area contributed by atoms with Gasteiger partial charge in [0.1, 0.15) is 5.75 Å². The van der Waals surface area contributed by atoms with Gasteiger partial charge in [0.15, 0.2) is 0 Å². The molecule has 0 bridgehead atoms. The number of nitrogens with one attached hydrogen (secondary N) is 1. The molecule has 1 N–H and O–H groups in total. The number of carbonyl (C=O) groups is 1. The highest BCUT2D eigenvalue weighted by molar-refractivity contribution is 6.30. The summed E-state index contributed by atoms with van der Waals surface area (Å²) >= 11 is 5.97. The van der Waals surface area contributed by atoms with Gasteiger partial charge in [-0.05, 0) is 48.2 Å². The van der Waals surface area contributed by atoms with Crippen LogP contribution in [0.25, 0.3) is 0 Å². The first kappa shape index (κ1) is 17.4. The van der Waals surface area contributed by atoms with E-state index in [2.05, 4.69) is 19.2 Å². The molecule has 2 aromatic carbocycles. The van der Waals surface area contributed by atoms with Gasteiger partial charge in [-0.15, -0.1) is 0 Å². The molecule has 4 heteroatoms. The molecule has 0 aliphatic heterocycles. The van der Waals surface area contributed by atoms with Crippen LogP contribution in [0.1, 0.15) is 42.2 Å². The predicted octanol–water partition coefficient (Wildman–Crippen LogP) is 4.87. The first-order valence-electron chi connectivity index (χ1n) is 7.70. The van der Waals surface area contributed by atoms with Crippen molar-refractivity contribution in [3.8, 4) is 5.75 Å². The number of carbonyl (C=O) groups excluding carboxylic acids is 1. The summed E-state index contributed by atoms with van der Waals surface area (Å²) in [6, 6.07) is 14.7. The van der Waals surface area contributed by atoms with Gasteiger partial charge in [0.25, 0.3) is 5.91 Å². The molecule has 0 aromatic heterocycles. The third kappa shape index (κ3) is 5.00. The Morgan fingerprint density at radius 1 is 1.17 bits per heavy atom. The number of halogens is 1. The van der Waals surface area contributed by atoms with Crippen LogP contribution in [-0.4, -0.2) is 13.0 Å². The number of ether oxygens (including phenoxy) is 1. The zero-order valence-corrected chi connectivity index (χ0v) is 14.4. The third-order valence-corrected chi connectivity index (χ3v) is 3.85. The Labute approximate surface area is 142 Å². The second-order valence-corrected chi connectivity index (χ2v) is 6.38. The van der Waals surface area contributed by atoms with Gasteiger partial charge >= 0.3 is 0 Å². The Hall–Kier alpha value is -2.00. The van der Waals surface area contributed by atoms with Crippen molar-refractivity contribution in [2.24, 2.45) is 5.92 Å². The average Bonchev–Trinajstić information content (AvgIpc) is 2.54. The van der Waals surface area contributed by atoms with E-state index in [-0.39, 0.29) is 11.9 Å². The lowest BCUT2D eigenvalue weighted by molar-refractivity contribution is 0.0932. The van der Waals surface area contributed by atoms with E-state index in [1.165, 1.54) is 0 Å². The maximum Gasteiger partial charge on any atom is 0.251 e. The van der Waals surface area contributed by atoms with Gasteiger partial charge in [-0.2, -0.15) is 0 Å². The standard InChI is InChI=1S/C19H22ClNO2/c1-13(2)11-18(14-7-9-17(23-3)10-8-14)21-19(22)15-5-4-6-16(20)12-15/h4-10,12-13,18H,11H2,1-3H3,(H,21,22)/t18-/m1/s1. The van der Waals surface area contributed by atoms with Gasteiger partial charge in [-0.3, -0.25) is 4.79 Å². The summed E-state index contributed by atoms with van der Waals surface area (Å²) in [4.78, 5) is 12.5. The van der Waals surface area contributed by atoms with Crippen molar-refractivity contribution in [3.63, 3.8) is 0 Å². The summed E-state index contributed by atoms with van der Waals surface area (Å²) in [7, 11) is 1.64. The number of benzene rings is 2. The molecule has 2 aromatic rings. The van der Waals surface area contributed by atoms with E-state index in [0.29, 0.717) is 16.5 Å². The van der Waals surface area contributed by atoms with Crippen molar-refractivity contribution in [1.82, 2.24) is 5.32 Å². The molecule has 0 heterocycles. The van der Waals surface area contributed by atoms with Crippen LogP contribution < -0.4 is 10.1 Å². The summed E-state index contributed by atoms with van der Waals surface area (Å²) in [6.45, 7) is 4.28. The lowest BCUT2D eigenvalue weighted by Crippen LogP contribution is -2.29. The molecule has 0 unspecified atom stereocenters. The molecule has 0 saturated heterocycles. The fourth-order valence-electron chi connectivity index (χ4n) is 2.46. The molecule has 1 atom stereocenters. The van der Waals surface area contributed by atoms with Gasteiger partial charge in [-0.1, -0.05) is 43.6 Å². The molecule has 2 rings (SSSR count). The number of amides is 1. The predicted molar refractivity (Wildman–Crippen MR) is 94.1 cm³/mol. The SMILES string of the molecule is COc1ccc([C@@H](CC(C)C)NC(=O)c2cccc(Cl)c2)cc1. The highest BCUT2D eigenvalue weighted by Gasteiger charge is 2.17. The third-order valence-electron chi connectivity index (χ3n) is 3.62. The van der Waals surface area contributed by atoms with Crippen molar-refractivity contribution >= 4 is 17.5 Å². The Bertz CT molecular complexity index is 653. The molecule has 0 spiro atoms. The van der Waals surface area contributed by atoms with Crippen LogP contribution in [-0.2, 0) is 0 Å². The zero-order valence-electron chi connectivity index (χ0n) is 13.7. The Morgan fingerprint density at radius 3 is 2.43 bits per heavy atom. The summed E-state index contributed by atoms with van der Waals surface area (Å²) in [5.74, 6) is 1.15. The van der Waals surface area contributed by atoms with E-state index < -0.39 is 0 Å². The smallest absolute Gasteiger partial charge is 0.251 e. The van der Waals surface area contributed by atoms with E-state index in [0.717, 1.165) is 17.7 Å². The summed E-state index contributed by atoms with van der Waals surface area (Å²) in [5.41, 5.74) is 1.63. The highest BCUT2D eigenvalue weighted by atomic mass is 35.5. The van der Waals surface area contributed by atoms with Crippen LogP contribution in [0.15, 0.2) is 48.5 Å². The van der Waals surface area contributed by atoms with Crippen LogP contribution in [0.3, 0.4) is 0 Å². The normalized spacial score (nSPS) is 12.0. The van der Waals surface area contributed by atoms with Crippen molar-refractivity contribution in [1.29, 1.82) is 0 Å². The molecule has 0 aliphatic rings. The summed E-state index contributed by atoms with van der Waals surface area (Å²) < 4.78 is 5.19. The largest absolute Gasteiger partial charge is 0.497 e. The number of hydrogen-bond donors (Lipinski definition) is 1. The first-order chi connectivity index (χ1) is 11.0. The molecule has 122 valence electrons. The molecular weight excluding hydrogens is 310 g/mol. The first-order valence-corrected chi connectivity index (χ1v) is 8.07. The zero-order chi connectivity index (χ0) is 16.8. The molecule has 1 amide bonds. The van der Waals surface area contributed by atoms with Gasteiger partial charge in [-0.25, -0.2) is 0 Å². The van der Waals surface area contributed by atoms with E-state index in [1.54, 1.807) is 31.4 Å². The Balaban J connectivity index is 2.19. The monoisotopic (exact) mass is 331 g/mol. The maximum atomic E-state index is 12.5. The number of rotatable bonds is 6. The van der Waals surface area contributed by atoms with Gasteiger partial charge in [0.05, 0.1) is 13.2 Å². The minimum Gasteiger partial charge on any atom is -0.497 e. The minimum absolute atomic E-state index is 0.0487. The fourth-order valence-corrected chi connectivity index (χ4v) is 2.65. The molecule has 0 saturated carbocycles. The van der Waals surface area contributed by atoms with Crippen LogP contribution in [0.5, 0.6) is 5.75 Å². The topological polar surface area (TPSA) is 38.3 Å². The molecule has 0 radical (unpaired) electrons. The minimum atomic E-state index is -0.117. The molecule has 3 nitrogen and oxygen atoms in total. The van der Waals surface area contributed by atoms with E-state index in [9.17, 15) is 4.79 Å². The van der Waals surface area contributed by atoms with Crippen LogP contribution in [0.4, 0.5) is 0 Å². The van der Waals surface area contributed by atoms with Crippen molar-refractivity contribution in [2.75, 3.05) is 7.11 Å². The molecule has 0 fully saturated rings. The van der Waals surface area contributed by atoms with Gasteiger partial charge in [0, 0.05) is 10.6 Å². The maximum absolute atomic E-state index is 12.5. The van der Waals surface area contributed by atoms with Crippen molar-refractivity contribution < 1.29 is 9.53 Å². The molecule has 0 aliphatic carbocycles. The van der Waals surface area contributed by atoms with Crippen LogP contribution in [0.2, 0.25) is 5.02 Å². The van der Waals surface area contributed by atoms with Gasteiger partial charge < -0.3 is 10.1 Å². The molecule has 23 heavy (non-hydrogen) atoms. The fraction of sp³-hybridized carbons (Fsp3) is 0.316. The summed E-state index contributed by atoms with van der Waals surface area (Å²) in [6.07, 6.45) is 0.860. The quantitative estimate of drug-likeness (QED) is 0.820. The Morgan fingerprint density at radius 2 is 1.87 bits per heavy atom. The van der Waals surface area contributed by atoms with Crippen molar-refractivity contribution in [3.05, 3.63) is 64.7 Å². The lowest BCUT2D eigenvalue weighted by atomic mass is 9.96. The highest BCUT2D eigenvalue weighted by Crippen LogP contribution is 2.24. The van der Waals surface area contributed by atoms with E-state index in [1.807, 2.05) is 24.3 Å². The number of hydrogen-bond acceptors (Lipinski definition) is 2. The van der Waals surface area contributed by atoms with E-state index >= 15 is 0 Å². The van der Waals surface area contributed by atoms with E-state index in [4.69, 9.17) is 16.3 Å². The second kappa shape index (κ2) is 8.02. The van der Waals surface area contributed by atoms with Gasteiger partial charge in [0.2, 0.25) is 0 Å². The van der Waals surface area contributed by atoms with Crippen LogP contribution in [0, 0.1) is 5.92 Å². The van der Waals surface area contributed by atoms with Crippen LogP contribution >= 0.6 is 11.6 Å². The average molecular weight is 332 g/mol. The molecular formula is C19H22ClNO2. The Kier molecular flexibility index (Phi) is 6.05. The summed E-state index contributed by atoms with van der Waals surface area (Å²) in [5, 5.41) is 3.67. The second-order valence-electron chi connectivity index (χ2n) is 5.94. The number of methoxy groups -OCH3 is 1.